The van der Waals surface area contributed by atoms with E-state index in [1.54, 1.807) is 0 Å². The minimum Gasteiger partial charge on any atom is -0.337 e. The van der Waals surface area contributed by atoms with Crippen molar-refractivity contribution in [2.24, 2.45) is 0 Å². The summed E-state index contributed by atoms with van der Waals surface area (Å²) in [7, 11) is 0. The molecule has 3 aromatic rings. The summed E-state index contributed by atoms with van der Waals surface area (Å²) in [6, 6.07) is 14.1. The van der Waals surface area contributed by atoms with E-state index in [-0.39, 0.29) is 5.91 Å². The summed E-state index contributed by atoms with van der Waals surface area (Å²) in [6.45, 7) is 3.73. The molecule has 1 amide bonds. The van der Waals surface area contributed by atoms with Crippen LogP contribution in [0.1, 0.15) is 15.9 Å². The number of imidazole rings is 1. The van der Waals surface area contributed by atoms with Crippen molar-refractivity contribution in [3.8, 4) is 5.69 Å². The lowest BCUT2D eigenvalue weighted by Crippen LogP contribution is -2.37. The highest BCUT2D eigenvalue weighted by Crippen LogP contribution is 2.21. The minimum atomic E-state index is 0.123. The average molecular weight is 337 g/mol. The van der Waals surface area contributed by atoms with Crippen molar-refractivity contribution in [2.75, 3.05) is 24.6 Å². The molecule has 0 unspecified atom stereocenters. The molecule has 1 aliphatic rings. The van der Waals surface area contributed by atoms with Gasteiger partial charge in [0.2, 0.25) is 0 Å². The van der Waals surface area contributed by atoms with Crippen molar-refractivity contribution in [3.63, 3.8) is 0 Å². The smallest absolute Gasteiger partial charge is 0.253 e. The number of carbonyl (C=O) groups is 1. The molecule has 0 N–H and O–H groups in total. The van der Waals surface area contributed by atoms with Crippen LogP contribution in [0.5, 0.6) is 0 Å². The topological polar surface area (TPSA) is 38.1 Å². The molecule has 1 saturated heterocycles. The Morgan fingerprint density at radius 1 is 1.12 bits per heavy atom. The molecule has 0 aliphatic carbocycles. The number of amides is 1. The molecule has 1 fully saturated rings. The monoisotopic (exact) mass is 337 g/mol. The van der Waals surface area contributed by atoms with Crippen LogP contribution < -0.4 is 0 Å². The van der Waals surface area contributed by atoms with Crippen LogP contribution in [0.15, 0.2) is 48.8 Å². The summed E-state index contributed by atoms with van der Waals surface area (Å²) in [4.78, 5) is 19.2. The van der Waals surface area contributed by atoms with Crippen molar-refractivity contribution in [2.45, 2.75) is 6.92 Å². The van der Waals surface area contributed by atoms with E-state index >= 15 is 0 Å². The van der Waals surface area contributed by atoms with Crippen LogP contribution >= 0.6 is 11.8 Å². The lowest BCUT2D eigenvalue weighted by Gasteiger charge is -2.26. The molecule has 122 valence electrons. The van der Waals surface area contributed by atoms with Crippen molar-refractivity contribution < 1.29 is 4.79 Å². The second-order valence-electron chi connectivity index (χ2n) is 6.06. The van der Waals surface area contributed by atoms with E-state index in [0.29, 0.717) is 0 Å². The Kier molecular flexibility index (Phi) is 4.02. The number of fused-ring (bicyclic) bond motifs is 1. The van der Waals surface area contributed by atoms with E-state index in [2.05, 4.69) is 30.1 Å². The summed E-state index contributed by atoms with van der Waals surface area (Å²) in [5, 5.41) is 0. The summed E-state index contributed by atoms with van der Waals surface area (Å²) in [5.41, 5.74) is 4.94. The van der Waals surface area contributed by atoms with Gasteiger partial charge in [0, 0.05) is 35.8 Å². The zero-order chi connectivity index (χ0) is 16.5. The molecule has 4 rings (SSSR count). The fraction of sp³-hybridized carbons (Fsp3) is 0.263. The number of rotatable bonds is 2. The molecular formula is C19H19N3OS. The maximum absolute atomic E-state index is 12.7. The fourth-order valence-corrected chi connectivity index (χ4v) is 3.97. The number of hydrogen-bond donors (Lipinski definition) is 0. The molecule has 0 saturated carbocycles. The Bertz CT molecular complexity index is 897. The van der Waals surface area contributed by atoms with Crippen LogP contribution in [0.2, 0.25) is 0 Å². The molecule has 5 heteroatoms. The van der Waals surface area contributed by atoms with E-state index in [1.807, 2.05) is 51.8 Å². The molecule has 0 spiro atoms. The van der Waals surface area contributed by atoms with Crippen LogP contribution in [0.4, 0.5) is 0 Å². The highest BCUT2D eigenvalue weighted by Gasteiger charge is 2.18. The largest absolute Gasteiger partial charge is 0.337 e. The minimum absolute atomic E-state index is 0.123. The Labute approximate surface area is 145 Å². The van der Waals surface area contributed by atoms with E-state index in [0.717, 1.165) is 46.9 Å². The first-order valence-electron chi connectivity index (χ1n) is 8.13. The first-order valence-corrected chi connectivity index (χ1v) is 9.29. The lowest BCUT2D eigenvalue weighted by atomic mass is 10.1. The summed E-state index contributed by atoms with van der Waals surface area (Å²) in [6.07, 6.45) is 1.82. The Morgan fingerprint density at radius 3 is 2.79 bits per heavy atom. The van der Waals surface area contributed by atoms with Gasteiger partial charge in [-0.1, -0.05) is 12.1 Å². The predicted octanol–water partition coefficient (Wildman–Crippen LogP) is 3.52. The fourth-order valence-electron chi connectivity index (χ4n) is 3.07. The van der Waals surface area contributed by atoms with Gasteiger partial charge in [-0.15, -0.1) is 0 Å². The number of aryl methyl sites for hydroxylation is 1. The highest BCUT2D eigenvalue weighted by molar-refractivity contribution is 7.99. The second-order valence-corrected chi connectivity index (χ2v) is 7.29. The van der Waals surface area contributed by atoms with Gasteiger partial charge in [0.1, 0.15) is 6.33 Å². The number of carbonyl (C=O) groups excluding carboxylic acids is 1. The summed E-state index contributed by atoms with van der Waals surface area (Å²) < 4.78 is 2.04. The normalized spacial score (nSPS) is 15.0. The molecule has 0 atom stereocenters. The maximum Gasteiger partial charge on any atom is 0.253 e. The van der Waals surface area contributed by atoms with Crippen molar-refractivity contribution in [1.29, 1.82) is 0 Å². The first-order chi connectivity index (χ1) is 11.7. The third-order valence-corrected chi connectivity index (χ3v) is 5.31. The molecule has 2 heterocycles. The van der Waals surface area contributed by atoms with Gasteiger partial charge in [-0.2, -0.15) is 11.8 Å². The molecule has 0 radical (unpaired) electrons. The molecular weight excluding hydrogens is 318 g/mol. The van der Waals surface area contributed by atoms with E-state index in [1.165, 1.54) is 5.56 Å². The quantitative estimate of drug-likeness (QED) is 0.718. The number of nitrogens with zero attached hydrogens (tertiary/aromatic N) is 3. The average Bonchev–Trinajstić information content (AvgIpc) is 3.05. The van der Waals surface area contributed by atoms with Crippen LogP contribution in [-0.4, -0.2) is 45.0 Å². The van der Waals surface area contributed by atoms with E-state index in [9.17, 15) is 4.79 Å². The Balaban J connectivity index is 1.70. The van der Waals surface area contributed by atoms with Crippen molar-refractivity contribution >= 4 is 28.7 Å². The van der Waals surface area contributed by atoms with Gasteiger partial charge in [0.05, 0.1) is 11.0 Å². The van der Waals surface area contributed by atoms with Crippen LogP contribution in [-0.2, 0) is 0 Å². The first kappa shape index (κ1) is 15.3. The third kappa shape index (κ3) is 2.80. The summed E-state index contributed by atoms with van der Waals surface area (Å²) >= 11 is 1.91. The maximum atomic E-state index is 12.7. The standard InChI is InChI=1S/C19H19N3OS/c1-14-5-6-18-17(11-14)20-13-22(18)16-4-2-3-15(12-16)19(23)21-7-9-24-10-8-21/h2-6,11-13H,7-10H2,1H3. The van der Waals surface area contributed by atoms with Crippen LogP contribution in [0, 0.1) is 6.92 Å². The van der Waals surface area contributed by atoms with Gasteiger partial charge in [0.25, 0.3) is 5.91 Å². The van der Waals surface area contributed by atoms with Gasteiger partial charge >= 0.3 is 0 Å². The van der Waals surface area contributed by atoms with Gasteiger partial charge < -0.3 is 4.90 Å². The number of thioether (sulfide) groups is 1. The third-order valence-electron chi connectivity index (χ3n) is 4.37. The molecule has 24 heavy (non-hydrogen) atoms. The van der Waals surface area contributed by atoms with Crippen LogP contribution in [0.3, 0.4) is 0 Å². The zero-order valence-electron chi connectivity index (χ0n) is 13.6. The molecule has 0 bridgehead atoms. The zero-order valence-corrected chi connectivity index (χ0v) is 14.4. The number of hydrogen-bond acceptors (Lipinski definition) is 3. The van der Waals surface area contributed by atoms with Gasteiger partial charge in [-0.25, -0.2) is 4.98 Å². The van der Waals surface area contributed by atoms with Gasteiger partial charge in [0.15, 0.2) is 0 Å². The second kappa shape index (κ2) is 6.32. The van der Waals surface area contributed by atoms with Crippen molar-refractivity contribution in [3.05, 3.63) is 59.9 Å². The van der Waals surface area contributed by atoms with Gasteiger partial charge in [-0.05, 0) is 42.8 Å². The predicted molar refractivity (Wildman–Crippen MR) is 99.0 cm³/mol. The lowest BCUT2D eigenvalue weighted by molar-refractivity contribution is 0.0772. The molecule has 4 nitrogen and oxygen atoms in total. The van der Waals surface area contributed by atoms with Crippen molar-refractivity contribution in [1.82, 2.24) is 14.5 Å². The van der Waals surface area contributed by atoms with E-state index < -0.39 is 0 Å². The highest BCUT2D eigenvalue weighted by atomic mass is 32.2. The van der Waals surface area contributed by atoms with Gasteiger partial charge in [-0.3, -0.25) is 9.36 Å². The summed E-state index contributed by atoms with van der Waals surface area (Å²) in [5.74, 6) is 2.17. The molecule has 1 aromatic heterocycles. The number of aromatic nitrogens is 2. The van der Waals surface area contributed by atoms with E-state index in [4.69, 9.17) is 0 Å². The molecule has 2 aromatic carbocycles. The Morgan fingerprint density at radius 2 is 1.96 bits per heavy atom. The SMILES string of the molecule is Cc1ccc2c(c1)ncn2-c1cccc(C(=O)N2CCSCC2)c1. The van der Waals surface area contributed by atoms with Crippen LogP contribution in [0.25, 0.3) is 16.7 Å². The number of benzene rings is 2. The Hall–Kier alpha value is -2.27. The molecule has 1 aliphatic heterocycles.